The minimum Gasteiger partial charge on any atom is -0.480 e. The van der Waals surface area contributed by atoms with E-state index >= 15 is 0 Å². The van der Waals surface area contributed by atoms with Gasteiger partial charge in [0.1, 0.15) is 12.7 Å². The van der Waals surface area contributed by atoms with Gasteiger partial charge in [0.25, 0.3) is 0 Å². The molecule has 1 aliphatic carbocycles. The summed E-state index contributed by atoms with van der Waals surface area (Å²) in [6.07, 6.45) is -2.60. The van der Waals surface area contributed by atoms with Gasteiger partial charge in [0, 0.05) is 5.92 Å². The second-order valence-electron chi connectivity index (χ2n) is 6.51. The lowest BCUT2D eigenvalue weighted by atomic mass is 9.98. The lowest BCUT2D eigenvalue weighted by Gasteiger charge is -2.20. The van der Waals surface area contributed by atoms with Gasteiger partial charge in [-0.05, 0) is 29.2 Å². The van der Waals surface area contributed by atoms with Crippen molar-refractivity contribution < 1.29 is 36.6 Å². The van der Waals surface area contributed by atoms with Crippen molar-refractivity contribution in [3.05, 3.63) is 59.7 Å². The van der Waals surface area contributed by atoms with E-state index in [1.165, 1.54) is 0 Å². The Balaban J connectivity index is 1.70. The fourth-order valence-corrected chi connectivity index (χ4v) is 3.89. The number of ether oxygens (including phenoxy) is 1. The van der Waals surface area contributed by atoms with Gasteiger partial charge in [-0.2, -0.15) is 8.42 Å². The number of aliphatic carboxylic acids is 1. The van der Waals surface area contributed by atoms with E-state index < -0.39 is 34.6 Å². The molecule has 0 unspecified atom stereocenters. The van der Waals surface area contributed by atoms with E-state index in [4.69, 9.17) is 9.29 Å². The number of hydrogen-bond donors (Lipinski definition) is 3. The summed E-state index contributed by atoms with van der Waals surface area (Å²) in [6, 6.07) is 13.7. The number of carboxylic acids is 1. The Labute approximate surface area is 167 Å². The van der Waals surface area contributed by atoms with E-state index in [1.807, 2.05) is 53.8 Å². The molecule has 154 valence electrons. The Morgan fingerprint density at radius 2 is 1.59 bits per heavy atom. The molecule has 2 atom stereocenters. The molecule has 0 saturated carbocycles. The lowest BCUT2D eigenvalue weighted by molar-refractivity contribution is -0.141. The first-order chi connectivity index (χ1) is 13.7. The van der Waals surface area contributed by atoms with Gasteiger partial charge in [-0.25, -0.2) is 13.8 Å². The highest BCUT2D eigenvalue weighted by atomic mass is 32.3. The van der Waals surface area contributed by atoms with E-state index in [0.717, 1.165) is 29.2 Å². The van der Waals surface area contributed by atoms with Gasteiger partial charge >= 0.3 is 22.5 Å². The van der Waals surface area contributed by atoms with Crippen LogP contribution in [0.1, 0.15) is 24.0 Å². The lowest BCUT2D eigenvalue weighted by Crippen LogP contribution is -2.49. The Hall–Kier alpha value is -2.95. The third kappa shape index (κ3) is 4.73. The summed E-state index contributed by atoms with van der Waals surface area (Å²) in [6.45, 7) is 1.04. The minimum atomic E-state index is -4.89. The summed E-state index contributed by atoms with van der Waals surface area (Å²) in [7, 11) is -4.89. The van der Waals surface area contributed by atoms with Crippen LogP contribution in [0.3, 0.4) is 0 Å². The van der Waals surface area contributed by atoms with E-state index in [2.05, 4.69) is 4.18 Å². The van der Waals surface area contributed by atoms with Crippen LogP contribution in [0.2, 0.25) is 0 Å². The van der Waals surface area contributed by atoms with Crippen molar-refractivity contribution in [3.8, 4) is 11.1 Å². The number of carbonyl (C=O) groups excluding carboxylic acids is 1. The quantitative estimate of drug-likeness (QED) is 0.578. The van der Waals surface area contributed by atoms with Crippen LogP contribution in [-0.4, -0.2) is 48.9 Å². The number of fused-ring (bicyclic) bond motifs is 3. The van der Waals surface area contributed by atoms with Gasteiger partial charge in [0.15, 0.2) is 6.04 Å². The SMILES string of the molecule is C[C@@H](OS(=O)(=O)O)[C@H](NC(=O)OCC1c2ccccc2-c2ccccc21)C(=O)O. The predicted molar refractivity (Wildman–Crippen MR) is 102 cm³/mol. The molecule has 0 heterocycles. The monoisotopic (exact) mass is 421 g/mol. The van der Waals surface area contributed by atoms with Gasteiger partial charge < -0.3 is 15.2 Å². The molecule has 0 spiro atoms. The van der Waals surface area contributed by atoms with E-state index in [1.54, 1.807) is 0 Å². The van der Waals surface area contributed by atoms with Crippen LogP contribution in [0.25, 0.3) is 11.1 Å². The fraction of sp³-hybridized carbons (Fsp3) is 0.263. The van der Waals surface area contributed by atoms with Crippen LogP contribution < -0.4 is 5.32 Å². The van der Waals surface area contributed by atoms with Gasteiger partial charge in [0.05, 0.1) is 0 Å². The van der Waals surface area contributed by atoms with Gasteiger partial charge in [-0.15, -0.1) is 0 Å². The first-order valence-electron chi connectivity index (χ1n) is 8.67. The Morgan fingerprint density at radius 3 is 2.07 bits per heavy atom. The first-order valence-corrected chi connectivity index (χ1v) is 10.0. The average molecular weight is 421 g/mol. The van der Waals surface area contributed by atoms with Crippen molar-refractivity contribution in [1.29, 1.82) is 0 Å². The summed E-state index contributed by atoms with van der Waals surface area (Å²) < 4.78 is 39.7. The fourth-order valence-electron chi connectivity index (χ4n) is 3.39. The standard InChI is InChI=1S/C19H19NO8S/c1-11(28-29(24,25)26)17(18(21)22)20-19(23)27-10-16-14-8-4-2-6-12(14)13-7-3-5-9-15(13)16/h2-9,11,16-17H,10H2,1H3,(H,20,23)(H,21,22)(H,24,25,26)/t11-,17+/m1/s1. The number of nitrogens with one attached hydrogen (secondary N) is 1. The molecule has 0 fully saturated rings. The number of amides is 1. The molecule has 29 heavy (non-hydrogen) atoms. The highest BCUT2D eigenvalue weighted by Gasteiger charge is 2.33. The second kappa shape index (κ2) is 8.19. The van der Waals surface area contributed by atoms with Gasteiger partial charge in [0.2, 0.25) is 0 Å². The molecule has 0 aromatic heterocycles. The Bertz CT molecular complexity index is 991. The molecule has 3 rings (SSSR count). The molecular formula is C19H19NO8S. The molecular weight excluding hydrogens is 402 g/mol. The number of carbonyl (C=O) groups is 2. The molecule has 2 aromatic carbocycles. The maximum absolute atomic E-state index is 12.1. The van der Waals surface area contributed by atoms with Crippen molar-refractivity contribution in [2.45, 2.75) is 25.0 Å². The topological polar surface area (TPSA) is 139 Å². The van der Waals surface area contributed by atoms with Crippen molar-refractivity contribution in [3.63, 3.8) is 0 Å². The molecule has 0 bridgehead atoms. The highest BCUT2D eigenvalue weighted by Crippen LogP contribution is 2.44. The number of benzene rings is 2. The molecule has 1 amide bonds. The zero-order chi connectivity index (χ0) is 21.2. The first kappa shape index (κ1) is 20.8. The van der Waals surface area contributed by atoms with Crippen LogP contribution >= 0.6 is 0 Å². The summed E-state index contributed by atoms with van der Waals surface area (Å²) in [5, 5.41) is 11.3. The number of rotatable bonds is 7. The third-order valence-electron chi connectivity index (χ3n) is 4.63. The largest absolute Gasteiger partial charge is 0.480 e. The smallest absolute Gasteiger partial charge is 0.407 e. The van der Waals surface area contributed by atoms with Crippen LogP contribution in [0.4, 0.5) is 4.79 Å². The Kier molecular flexibility index (Phi) is 5.87. The third-order valence-corrected chi connectivity index (χ3v) is 5.17. The van der Waals surface area contributed by atoms with Gasteiger partial charge in [-0.3, -0.25) is 4.55 Å². The summed E-state index contributed by atoms with van der Waals surface area (Å²) in [5.41, 5.74) is 4.05. The van der Waals surface area contributed by atoms with Crippen LogP contribution in [0, 0.1) is 0 Å². The van der Waals surface area contributed by atoms with Crippen molar-refractivity contribution in [2.24, 2.45) is 0 Å². The van der Waals surface area contributed by atoms with Crippen molar-refractivity contribution in [2.75, 3.05) is 6.61 Å². The van der Waals surface area contributed by atoms with Crippen molar-refractivity contribution in [1.82, 2.24) is 5.32 Å². The minimum absolute atomic E-state index is 0.0419. The highest BCUT2D eigenvalue weighted by molar-refractivity contribution is 7.80. The van der Waals surface area contributed by atoms with E-state index in [0.29, 0.717) is 0 Å². The average Bonchev–Trinajstić information content (AvgIpc) is 2.96. The van der Waals surface area contributed by atoms with E-state index in [-0.39, 0.29) is 12.5 Å². The maximum atomic E-state index is 12.1. The molecule has 0 aliphatic heterocycles. The molecule has 2 aromatic rings. The Morgan fingerprint density at radius 1 is 1.07 bits per heavy atom. The van der Waals surface area contributed by atoms with E-state index in [9.17, 15) is 23.1 Å². The molecule has 0 saturated heterocycles. The number of carboxylic acid groups (broad SMARTS) is 1. The zero-order valence-electron chi connectivity index (χ0n) is 15.3. The van der Waals surface area contributed by atoms with Crippen molar-refractivity contribution >= 4 is 22.5 Å². The molecule has 3 N–H and O–H groups in total. The normalized spacial score (nSPS) is 15.1. The van der Waals surface area contributed by atoms with Gasteiger partial charge in [-0.1, -0.05) is 48.5 Å². The van der Waals surface area contributed by atoms with Crippen LogP contribution in [-0.2, 0) is 24.1 Å². The zero-order valence-corrected chi connectivity index (χ0v) is 16.1. The predicted octanol–water partition coefficient (Wildman–Crippen LogP) is 2.19. The summed E-state index contributed by atoms with van der Waals surface area (Å²) >= 11 is 0. The second-order valence-corrected chi connectivity index (χ2v) is 7.56. The number of alkyl carbamates (subject to hydrolysis) is 1. The number of hydrogen-bond acceptors (Lipinski definition) is 6. The molecule has 1 aliphatic rings. The van der Waals surface area contributed by atoms with Crippen LogP contribution in [0.5, 0.6) is 0 Å². The molecule has 0 radical (unpaired) electrons. The van der Waals surface area contributed by atoms with Crippen LogP contribution in [0.15, 0.2) is 48.5 Å². The summed E-state index contributed by atoms with van der Waals surface area (Å²) in [5.74, 6) is -1.77. The maximum Gasteiger partial charge on any atom is 0.407 e. The molecule has 10 heteroatoms. The molecule has 9 nitrogen and oxygen atoms in total. The summed E-state index contributed by atoms with van der Waals surface area (Å²) in [4.78, 5) is 23.5.